The Bertz CT molecular complexity index is 622. The van der Waals surface area contributed by atoms with E-state index in [0.29, 0.717) is 10.7 Å². The van der Waals surface area contributed by atoms with E-state index >= 15 is 0 Å². The van der Waals surface area contributed by atoms with Crippen LogP contribution < -0.4 is 5.32 Å². The fraction of sp³-hybridized carbons (Fsp3) is 0.357. The van der Waals surface area contributed by atoms with Crippen molar-refractivity contribution in [2.45, 2.75) is 12.5 Å². The van der Waals surface area contributed by atoms with Gasteiger partial charge in [-0.05, 0) is 44.3 Å². The summed E-state index contributed by atoms with van der Waals surface area (Å²) in [5.41, 5.74) is 1.52. The van der Waals surface area contributed by atoms with Crippen LogP contribution in [0.15, 0.2) is 24.3 Å². The van der Waals surface area contributed by atoms with Crippen LogP contribution in [0, 0.1) is 0 Å². The fourth-order valence-electron chi connectivity index (χ4n) is 2.54. The van der Waals surface area contributed by atoms with Crippen LogP contribution in [0.4, 0.5) is 0 Å². The molecular weight excluding hydrogens is 262 g/mol. The quantitative estimate of drug-likeness (QED) is 0.885. The van der Waals surface area contributed by atoms with Crippen molar-refractivity contribution in [1.29, 1.82) is 0 Å². The average molecular weight is 278 g/mol. The summed E-state index contributed by atoms with van der Waals surface area (Å²) in [4.78, 5) is 17.5. The number of nitrogens with zero attached hydrogens (tertiary/aromatic N) is 1. The highest BCUT2D eigenvalue weighted by Gasteiger charge is 2.22. The van der Waals surface area contributed by atoms with Crippen molar-refractivity contribution in [3.63, 3.8) is 0 Å². The Morgan fingerprint density at radius 1 is 1.47 bits per heavy atom. The van der Waals surface area contributed by atoms with E-state index in [2.05, 4.69) is 22.2 Å². The maximum Gasteiger partial charge on any atom is 0.267 e. The molecule has 0 spiro atoms. The molecule has 0 aliphatic carbocycles. The van der Waals surface area contributed by atoms with E-state index in [-0.39, 0.29) is 11.9 Å². The molecule has 0 bridgehead atoms. The lowest BCUT2D eigenvalue weighted by atomic mass is 10.2. The number of hydrogen-bond donors (Lipinski definition) is 2. The van der Waals surface area contributed by atoms with Crippen molar-refractivity contribution >= 4 is 28.4 Å². The molecule has 5 heteroatoms. The van der Waals surface area contributed by atoms with Gasteiger partial charge < -0.3 is 15.2 Å². The number of carbonyl (C=O) groups excluding carboxylic acids is 1. The molecule has 2 aromatic rings. The molecule has 1 aliphatic rings. The lowest BCUT2D eigenvalue weighted by Crippen LogP contribution is -2.36. The van der Waals surface area contributed by atoms with E-state index in [1.807, 2.05) is 24.3 Å². The molecular formula is C14H16ClN3O. The number of halogens is 1. The summed E-state index contributed by atoms with van der Waals surface area (Å²) >= 11 is 5.94. The summed E-state index contributed by atoms with van der Waals surface area (Å²) in [7, 11) is 2.07. The predicted molar refractivity (Wildman–Crippen MR) is 76.7 cm³/mol. The van der Waals surface area contributed by atoms with Crippen molar-refractivity contribution in [1.82, 2.24) is 15.2 Å². The number of hydrogen-bond acceptors (Lipinski definition) is 2. The minimum absolute atomic E-state index is 0.0485. The lowest BCUT2D eigenvalue weighted by Gasteiger charge is -2.11. The van der Waals surface area contributed by atoms with Gasteiger partial charge in [-0.1, -0.05) is 11.6 Å². The van der Waals surface area contributed by atoms with Gasteiger partial charge in [-0.25, -0.2) is 0 Å². The van der Waals surface area contributed by atoms with Crippen molar-refractivity contribution < 1.29 is 4.79 Å². The first-order valence-corrected chi connectivity index (χ1v) is 6.77. The number of likely N-dealkylation sites (N-methyl/N-ethyl adjacent to an activating group) is 1. The van der Waals surface area contributed by atoms with E-state index < -0.39 is 0 Å². The molecule has 3 rings (SSSR count). The van der Waals surface area contributed by atoms with Crippen molar-refractivity contribution in [2.24, 2.45) is 0 Å². The summed E-state index contributed by atoms with van der Waals surface area (Å²) in [6.45, 7) is 1.95. The second kappa shape index (κ2) is 4.87. The topological polar surface area (TPSA) is 48.1 Å². The van der Waals surface area contributed by atoms with Crippen LogP contribution in [0.1, 0.15) is 16.9 Å². The number of H-pyrrole nitrogens is 1. The van der Waals surface area contributed by atoms with E-state index in [1.165, 1.54) is 0 Å². The third-order valence-corrected chi connectivity index (χ3v) is 3.79. The van der Waals surface area contributed by atoms with Crippen LogP contribution >= 0.6 is 11.6 Å². The van der Waals surface area contributed by atoms with Gasteiger partial charge >= 0.3 is 0 Å². The molecule has 1 unspecified atom stereocenters. The molecule has 1 aliphatic heterocycles. The van der Waals surface area contributed by atoms with Gasteiger partial charge in [-0.3, -0.25) is 4.79 Å². The van der Waals surface area contributed by atoms with Gasteiger partial charge in [0, 0.05) is 28.5 Å². The van der Waals surface area contributed by atoms with Gasteiger partial charge in [0.25, 0.3) is 5.91 Å². The Labute approximate surface area is 116 Å². The van der Waals surface area contributed by atoms with E-state index in [9.17, 15) is 4.79 Å². The highest BCUT2D eigenvalue weighted by atomic mass is 35.5. The maximum atomic E-state index is 12.2. The Morgan fingerprint density at radius 3 is 3.05 bits per heavy atom. The first kappa shape index (κ1) is 12.5. The largest absolute Gasteiger partial charge is 0.351 e. The smallest absolute Gasteiger partial charge is 0.267 e. The number of aromatic amines is 1. The second-order valence-electron chi connectivity index (χ2n) is 5.14. The standard InChI is InChI=1S/C14H16ClN3O/c1-18-5-4-11(8-18)16-14(19)13-7-9-6-10(15)2-3-12(9)17-13/h2-3,6-7,11,17H,4-5,8H2,1H3,(H,16,19). The molecule has 1 fully saturated rings. The number of rotatable bonds is 2. The van der Waals surface area contributed by atoms with Gasteiger partial charge in [0.2, 0.25) is 0 Å². The lowest BCUT2D eigenvalue weighted by molar-refractivity contribution is 0.0934. The number of carbonyl (C=O) groups is 1. The van der Waals surface area contributed by atoms with Crippen LogP contribution in [0.3, 0.4) is 0 Å². The molecule has 1 aromatic carbocycles. The van der Waals surface area contributed by atoms with E-state index in [4.69, 9.17) is 11.6 Å². The SMILES string of the molecule is CN1CCC(NC(=O)c2cc3cc(Cl)ccc3[nH]2)C1. The molecule has 2 heterocycles. The number of fused-ring (bicyclic) bond motifs is 1. The van der Waals surface area contributed by atoms with Crippen LogP contribution in [0.25, 0.3) is 10.9 Å². The second-order valence-corrected chi connectivity index (χ2v) is 5.57. The summed E-state index contributed by atoms with van der Waals surface area (Å²) in [6, 6.07) is 7.64. The molecule has 0 radical (unpaired) electrons. The fourth-order valence-corrected chi connectivity index (χ4v) is 2.72. The Balaban J connectivity index is 1.78. The van der Waals surface area contributed by atoms with Crippen LogP contribution in [0.2, 0.25) is 5.02 Å². The third kappa shape index (κ3) is 2.60. The minimum atomic E-state index is -0.0485. The summed E-state index contributed by atoms with van der Waals surface area (Å²) in [5.74, 6) is -0.0485. The average Bonchev–Trinajstić information content (AvgIpc) is 2.95. The van der Waals surface area contributed by atoms with Crippen LogP contribution in [-0.2, 0) is 0 Å². The van der Waals surface area contributed by atoms with Crippen molar-refractivity contribution in [2.75, 3.05) is 20.1 Å². The summed E-state index contributed by atoms with van der Waals surface area (Å²) in [5, 5.41) is 4.69. The third-order valence-electron chi connectivity index (χ3n) is 3.55. The minimum Gasteiger partial charge on any atom is -0.351 e. The van der Waals surface area contributed by atoms with E-state index in [1.54, 1.807) is 0 Å². The molecule has 1 amide bonds. The number of likely N-dealkylation sites (tertiary alicyclic amines) is 1. The normalized spacial score (nSPS) is 20.0. The monoisotopic (exact) mass is 277 g/mol. The molecule has 1 aromatic heterocycles. The Hall–Kier alpha value is -1.52. The Morgan fingerprint density at radius 2 is 2.32 bits per heavy atom. The highest BCUT2D eigenvalue weighted by molar-refractivity contribution is 6.31. The molecule has 2 N–H and O–H groups in total. The zero-order valence-electron chi connectivity index (χ0n) is 10.7. The Kier molecular flexibility index (Phi) is 3.21. The van der Waals surface area contributed by atoms with Crippen LogP contribution in [0.5, 0.6) is 0 Å². The molecule has 4 nitrogen and oxygen atoms in total. The van der Waals surface area contributed by atoms with Crippen molar-refractivity contribution in [3.05, 3.63) is 35.0 Å². The first-order chi connectivity index (χ1) is 9.11. The predicted octanol–water partition coefficient (Wildman–Crippen LogP) is 2.26. The zero-order chi connectivity index (χ0) is 13.4. The number of benzene rings is 1. The van der Waals surface area contributed by atoms with Crippen molar-refractivity contribution in [3.8, 4) is 0 Å². The van der Waals surface area contributed by atoms with Gasteiger partial charge in [-0.2, -0.15) is 0 Å². The van der Waals surface area contributed by atoms with Gasteiger partial charge in [0.1, 0.15) is 5.69 Å². The molecule has 0 saturated carbocycles. The number of aromatic nitrogens is 1. The van der Waals surface area contributed by atoms with Gasteiger partial charge in [0.05, 0.1) is 0 Å². The zero-order valence-corrected chi connectivity index (χ0v) is 11.5. The molecule has 1 atom stereocenters. The highest BCUT2D eigenvalue weighted by Crippen LogP contribution is 2.20. The number of nitrogens with one attached hydrogen (secondary N) is 2. The molecule has 19 heavy (non-hydrogen) atoms. The number of amides is 1. The molecule has 100 valence electrons. The van der Waals surface area contributed by atoms with Crippen LogP contribution in [-0.4, -0.2) is 42.0 Å². The van der Waals surface area contributed by atoms with E-state index in [0.717, 1.165) is 30.4 Å². The summed E-state index contributed by atoms with van der Waals surface area (Å²) in [6.07, 6.45) is 1.01. The first-order valence-electron chi connectivity index (χ1n) is 6.39. The molecule has 1 saturated heterocycles. The maximum absolute atomic E-state index is 12.2. The van der Waals surface area contributed by atoms with Gasteiger partial charge in [-0.15, -0.1) is 0 Å². The van der Waals surface area contributed by atoms with Gasteiger partial charge in [0.15, 0.2) is 0 Å². The summed E-state index contributed by atoms with van der Waals surface area (Å²) < 4.78 is 0.